The van der Waals surface area contributed by atoms with Crippen molar-refractivity contribution in [1.29, 1.82) is 0 Å². The van der Waals surface area contributed by atoms with Crippen molar-refractivity contribution in [3.05, 3.63) is 119 Å². The Bertz CT molecular complexity index is 1570. The topological polar surface area (TPSA) is 197 Å². The van der Waals surface area contributed by atoms with Crippen molar-refractivity contribution in [2.75, 3.05) is 26.4 Å². The van der Waals surface area contributed by atoms with Gasteiger partial charge in [-0.2, -0.15) is 0 Å². The Hall–Kier alpha value is -5.40. The summed E-state index contributed by atoms with van der Waals surface area (Å²) in [5.74, 6) is -4.31. The second-order valence-electron chi connectivity index (χ2n) is 11.3. The lowest BCUT2D eigenvalue weighted by molar-refractivity contribution is -0.140. The van der Waals surface area contributed by atoms with Crippen LogP contribution >= 0.6 is 0 Å². The summed E-state index contributed by atoms with van der Waals surface area (Å²) in [7, 11) is 0. The highest BCUT2D eigenvalue weighted by molar-refractivity contribution is 6.35. The van der Waals surface area contributed by atoms with E-state index in [2.05, 4.69) is 21.3 Å². The summed E-state index contributed by atoms with van der Waals surface area (Å²) in [6.45, 7) is -2.43. The molecule has 0 aromatic heterocycles. The third-order valence-electron chi connectivity index (χ3n) is 8.14. The Balaban J connectivity index is 1.61. The zero-order chi connectivity index (χ0) is 34.2. The van der Waals surface area contributed by atoms with Crippen molar-refractivity contribution in [3.63, 3.8) is 0 Å². The number of aliphatic hydroxyl groups excluding tert-OH is 4. The zero-order valence-electron chi connectivity index (χ0n) is 25.8. The normalized spacial score (nSPS) is 20.4. The van der Waals surface area contributed by atoms with Crippen LogP contribution in [-0.4, -0.2) is 70.5 Å². The minimum atomic E-state index is -1.09. The highest BCUT2D eigenvalue weighted by Gasteiger charge is 2.28. The SMILES string of the molecule is O=C1NC(CO)c2cc(-c3ccccc3)cc(c2)C(CO)NC(=O)C(=O)NC(CO)c2cc(-c3ccccc3)cc(c2)C(CO)NC1=O. The van der Waals surface area contributed by atoms with E-state index in [-0.39, 0.29) is 0 Å². The van der Waals surface area contributed by atoms with Crippen LogP contribution in [0, 0.1) is 0 Å². The molecule has 0 saturated heterocycles. The number of benzene rings is 4. The molecule has 1 aliphatic heterocycles. The van der Waals surface area contributed by atoms with Crippen LogP contribution in [0.4, 0.5) is 0 Å². The number of rotatable bonds is 6. The van der Waals surface area contributed by atoms with Gasteiger partial charge in [-0.25, -0.2) is 0 Å². The fourth-order valence-corrected chi connectivity index (χ4v) is 5.59. The van der Waals surface area contributed by atoms with Gasteiger partial charge < -0.3 is 41.7 Å². The van der Waals surface area contributed by atoms with Crippen LogP contribution in [0.15, 0.2) is 97.1 Å². The third kappa shape index (κ3) is 7.76. The summed E-state index contributed by atoms with van der Waals surface area (Å²) in [6, 6.07) is 23.7. The summed E-state index contributed by atoms with van der Waals surface area (Å²) >= 11 is 0. The molecule has 4 amide bonds. The number of carbonyl (C=O) groups is 4. The van der Waals surface area contributed by atoms with Gasteiger partial charge in [-0.1, -0.05) is 72.8 Å². The van der Waals surface area contributed by atoms with Crippen molar-refractivity contribution in [1.82, 2.24) is 21.3 Å². The van der Waals surface area contributed by atoms with Gasteiger partial charge in [0.2, 0.25) is 0 Å². The van der Waals surface area contributed by atoms with Gasteiger partial charge in [-0.15, -0.1) is 0 Å². The third-order valence-corrected chi connectivity index (χ3v) is 8.14. The molecule has 0 spiro atoms. The second-order valence-corrected chi connectivity index (χ2v) is 11.3. The van der Waals surface area contributed by atoms with Gasteiger partial charge in [0, 0.05) is 0 Å². The molecule has 0 saturated carbocycles. The minimum absolute atomic E-state index is 0.354. The summed E-state index contributed by atoms with van der Waals surface area (Å²) in [5.41, 5.74) is 4.13. The molecule has 0 fully saturated rings. The van der Waals surface area contributed by atoms with Crippen LogP contribution in [0.25, 0.3) is 22.3 Å². The van der Waals surface area contributed by atoms with E-state index in [9.17, 15) is 39.6 Å². The minimum Gasteiger partial charge on any atom is -0.394 e. The fourth-order valence-electron chi connectivity index (χ4n) is 5.59. The predicted molar refractivity (Wildman–Crippen MR) is 176 cm³/mol. The zero-order valence-corrected chi connectivity index (χ0v) is 25.8. The summed E-state index contributed by atoms with van der Waals surface area (Å²) < 4.78 is 0. The van der Waals surface area contributed by atoms with E-state index < -0.39 is 74.2 Å². The van der Waals surface area contributed by atoms with E-state index in [4.69, 9.17) is 0 Å². The maximum atomic E-state index is 13.2. The Morgan fingerprint density at radius 1 is 0.375 bits per heavy atom. The molecule has 4 aromatic carbocycles. The lowest BCUT2D eigenvalue weighted by atomic mass is 9.93. The van der Waals surface area contributed by atoms with Crippen molar-refractivity contribution < 1.29 is 39.6 Å². The first kappa shape index (κ1) is 33.9. The molecule has 0 aliphatic carbocycles. The Labute approximate surface area is 276 Å². The van der Waals surface area contributed by atoms with E-state index >= 15 is 0 Å². The molecule has 4 atom stereocenters. The number of hydrogen-bond acceptors (Lipinski definition) is 8. The van der Waals surface area contributed by atoms with Crippen molar-refractivity contribution >= 4 is 23.6 Å². The summed E-state index contributed by atoms with van der Waals surface area (Å²) in [5, 5.41) is 51.4. The second kappa shape index (κ2) is 15.5. The van der Waals surface area contributed by atoms with E-state index in [0.29, 0.717) is 33.4 Å². The Kier molecular flexibility index (Phi) is 10.9. The Morgan fingerprint density at radius 2 is 0.625 bits per heavy atom. The first-order chi connectivity index (χ1) is 23.2. The van der Waals surface area contributed by atoms with Crippen LogP contribution in [0.1, 0.15) is 46.4 Å². The number of nitrogens with one attached hydrogen (secondary N) is 4. The number of fused-ring (bicyclic) bond motifs is 4. The van der Waals surface area contributed by atoms with Gasteiger partial charge >= 0.3 is 23.6 Å². The van der Waals surface area contributed by atoms with Crippen LogP contribution in [-0.2, 0) is 19.2 Å². The van der Waals surface area contributed by atoms with E-state index in [1.807, 2.05) is 60.7 Å². The molecule has 1 heterocycles. The smallest absolute Gasteiger partial charge is 0.309 e. The lowest BCUT2D eigenvalue weighted by Gasteiger charge is -2.25. The first-order valence-corrected chi connectivity index (χ1v) is 15.3. The number of amides is 4. The molecule has 4 aromatic rings. The monoisotopic (exact) mass is 652 g/mol. The molecule has 4 bridgehead atoms. The molecule has 12 heteroatoms. The van der Waals surface area contributed by atoms with Gasteiger partial charge in [0.15, 0.2) is 0 Å². The van der Waals surface area contributed by atoms with Crippen LogP contribution in [0.2, 0.25) is 0 Å². The maximum absolute atomic E-state index is 13.2. The molecule has 4 unspecified atom stereocenters. The van der Waals surface area contributed by atoms with Crippen LogP contribution in [0.5, 0.6) is 0 Å². The predicted octanol–water partition coefficient (Wildman–Crippen LogP) is 1.33. The molecule has 12 nitrogen and oxygen atoms in total. The highest BCUT2D eigenvalue weighted by atomic mass is 16.3. The quantitative estimate of drug-likeness (QED) is 0.143. The molecule has 248 valence electrons. The maximum Gasteiger partial charge on any atom is 0.309 e. The average molecular weight is 653 g/mol. The molecule has 8 N–H and O–H groups in total. The molecular weight excluding hydrogens is 616 g/mol. The molecule has 0 radical (unpaired) electrons. The van der Waals surface area contributed by atoms with Gasteiger partial charge in [-0.3, -0.25) is 19.2 Å². The van der Waals surface area contributed by atoms with Crippen molar-refractivity contribution in [2.24, 2.45) is 0 Å². The van der Waals surface area contributed by atoms with Gasteiger partial charge in [0.05, 0.1) is 50.6 Å². The van der Waals surface area contributed by atoms with Crippen LogP contribution in [0.3, 0.4) is 0 Å². The van der Waals surface area contributed by atoms with E-state index in [1.54, 1.807) is 24.3 Å². The van der Waals surface area contributed by atoms with Crippen molar-refractivity contribution in [2.45, 2.75) is 24.2 Å². The number of aliphatic hydroxyl groups is 4. The van der Waals surface area contributed by atoms with E-state index in [1.165, 1.54) is 12.1 Å². The highest BCUT2D eigenvalue weighted by Crippen LogP contribution is 2.30. The van der Waals surface area contributed by atoms with E-state index in [0.717, 1.165) is 11.1 Å². The van der Waals surface area contributed by atoms with Gasteiger partial charge in [0.1, 0.15) is 0 Å². The fraction of sp³-hybridized carbons (Fsp3) is 0.222. The summed E-state index contributed by atoms with van der Waals surface area (Å²) in [4.78, 5) is 52.8. The van der Waals surface area contributed by atoms with Gasteiger partial charge in [-0.05, 0) is 68.8 Å². The van der Waals surface area contributed by atoms with Crippen LogP contribution < -0.4 is 21.3 Å². The van der Waals surface area contributed by atoms with Crippen molar-refractivity contribution in [3.8, 4) is 22.3 Å². The average Bonchev–Trinajstić information content (AvgIpc) is 3.13. The lowest BCUT2D eigenvalue weighted by Crippen LogP contribution is -2.45. The summed E-state index contributed by atoms with van der Waals surface area (Å²) in [6.07, 6.45) is 0. The molecule has 5 rings (SSSR count). The Morgan fingerprint density at radius 3 is 0.854 bits per heavy atom. The molecular formula is C36H36N4O8. The molecule has 1 aliphatic rings. The first-order valence-electron chi connectivity index (χ1n) is 15.3. The van der Waals surface area contributed by atoms with Gasteiger partial charge in [0.25, 0.3) is 0 Å². The number of hydrogen-bond donors (Lipinski definition) is 8. The standard InChI is InChI=1S/C36H36N4O8/c41-17-29-25-11-23(21-7-3-1-4-8-21)12-26(15-25)30(18-42)38-34(46)36(48)40-32(20-44)28-14-24(22-9-5-2-6-10-22)13-27(16-28)31(19-43)39-35(47)33(45)37-29/h1-16,29-32,41-44H,17-20H2,(H,37,45)(H,38,46)(H,39,47)(H,40,48). The largest absolute Gasteiger partial charge is 0.394 e. The molecule has 48 heavy (non-hydrogen) atoms. The number of carbonyl (C=O) groups excluding carboxylic acids is 4.